The van der Waals surface area contributed by atoms with E-state index in [4.69, 9.17) is 43.6 Å². The molecule has 2 nitrogen and oxygen atoms in total. The van der Waals surface area contributed by atoms with Crippen LogP contribution in [-0.2, 0) is 0 Å². The van der Waals surface area contributed by atoms with Crippen LogP contribution in [0, 0.1) is 0 Å². The molecule has 0 aliphatic rings. The smallest absolute Gasteiger partial charge is 0.158 e. The van der Waals surface area contributed by atoms with Gasteiger partial charge in [0.1, 0.15) is 44.8 Å². The van der Waals surface area contributed by atoms with Crippen molar-refractivity contribution >= 4 is 99.9 Å². The van der Waals surface area contributed by atoms with Gasteiger partial charge in [0.25, 0.3) is 0 Å². The van der Waals surface area contributed by atoms with E-state index < -0.39 is 0 Å². The van der Waals surface area contributed by atoms with E-state index in [-0.39, 0.29) is 27.3 Å². The van der Waals surface area contributed by atoms with Gasteiger partial charge in [-0.2, -0.15) is 0 Å². The molecule has 0 spiro atoms. The number of para-hydroxylation sites is 2. The summed E-state index contributed by atoms with van der Waals surface area (Å²) in [7, 11) is 29.9. The topological polar surface area (TPSA) is 25.2 Å². The lowest BCUT2D eigenvalue weighted by Gasteiger charge is -2.22. The number of furan rings is 1. The molecule has 25 heavy (non-hydrogen) atoms. The molecule has 4 rings (SSSR count). The molecule has 0 saturated heterocycles. The summed E-state index contributed by atoms with van der Waals surface area (Å²) in [6.07, 6.45) is 0. The van der Waals surface area contributed by atoms with Crippen molar-refractivity contribution in [3.05, 3.63) is 42.5 Å². The Kier molecular flexibility index (Phi) is 3.75. The third kappa shape index (κ3) is 2.41. The molecule has 0 aliphatic carbocycles. The van der Waals surface area contributed by atoms with Gasteiger partial charge in [-0.1, -0.05) is 41.3 Å². The maximum absolute atomic E-state index is 6.09. The van der Waals surface area contributed by atoms with Gasteiger partial charge < -0.3 is 9.73 Å². The first-order valence-corrected chi connectivity index (χ1v) is 7.67. The van der Waals surface area contributed by atoms with Crippen molar-refractivity contribution in [2.75, 3.05) is 5.32 Å². The highest BCUT2D eigenvalue weighted by Crippen LogP contribution is 2.33. The van der Waals surface area contributed by atoms with Crippen LogP contribution in [0.4, 0.5) is 11.4 Å². The quantitative estimate of drug-likeness (QED) is 0.496. The van der Waals surface area contributed by atoms with Crippen molar-refractivity contribution in [1.82, 2.24) is 0 Å². The van der Waals surface area contributed by atoms with E-state index in [1.807, 2.05) is 42.5 Å². The third-order valence-electron chi connectivity index (χ3n) is 4.36. The predicted molar refractivity (Wildman–Crippen MR) is 110 cm³/mol. The molecule has 3 aromatic carbocycles. The maximum Gasteiger partial charge on any atom is 0.158 e. The van der Waals surface area contributed by atoms with Crippen LogP contribution in [0.25, 0.3) is 21.9 Å². The van der Waals surface area contributed by atoms with Crippen LogP contribution in [0.15, 0.2) is 46.9 Å². The Morgan fingerprint density at radius 1 is 0.640 bits per heavy atom. The molecule has 0 fully saturated rings. The Morgan fingerprint density at radius 3 is 1.96 bits per heavy atom. The zero-order valence-electron chi connectivity index (χ0n) is 13.3. The van der Waals surface area contributed by atoms with E-state index in [1.54, 1.807) is 0 Å². The van der Waals surface area contributed by atoms with Crippen LogP contribution in [0.2, 0.25) is 0 Å². The molecule has 1 N–H and O–H groups in total. The summed E-state index contributed by atoms with van der Waals surface area (Å²) in [6.45, 7) is 0. The third-order valence-corrected chi connectivity index (χ3v) is 4.36. The van der Waals surface area contributed by atoms with Crippen LogP contribution in [0.3, 0.4) is 0 Å². The van der Waals surface area contributed by atoms with Gasteiger partial charge in [0.05, 0.1) is 5.69 Å². The first-order valence-electron chi connectivity index (χ1n) is 7.67. The van der Waals surface area contributed by atoms with Crippen molar-refractivity contribution in [3.63, 3.8) is 0 Å². The van der Waals surface area contributed by atoms with Crippen LogP contribution in [-0.4, -0.2) is 39.2 Å². The first-order chi connectivity index (χ1) is 12.0. The van der Waals surface area contributed by atoms with Crippen LogP contribution >= 0.6 is 0 Å². The van der Waals surface area contributed by atoms with Crippen molar-refractivity contribution in [2.24, 2.45) is 0 Å². The Labute approximate surface area is 152 Å². The van der Waals surface area contributed by atoms with Gasteiger partial charge in [0.15, 0.2) is 5.58 Å². The van der Waals surface area contributed by atoms with E-state index in [9.17, 15) is 0 Å². The zero-order valence-corrected chi connectivity index (χ0v) is 13.3. The molecule has 106 valence electrons. The van der Waals surface area contributed by atoms with Gasteiger partial charge in [-0.05, 0) is 12.1 Å². The lowest BCUT2D eigenvalue weighted by Crippen LogP contribution is -2.55. The molecule has 0 aliphatic heterocycles. The highest BCUT2D eigenvalue weighted by atomic mass is 16.3. The summed E-state index contributed by atoms with van der Waals surface area (Å²) in [6, 6.07) is 13.6. The zero-order chi connectivity index (χ0) is 17.7. The highest BCUT2D eigenvalue weighted by molar-refractivity contribution is 6.68. The largest absolute Gasteiger partial charge is 0.454 e. The number of rotatable bonds is 2. The minimum Gasteiger partial charge on any atom is -0.454 e. The molecular formula is C18H8B5NO. The van der Waals surface area contributed by atoms with Gasteiger partial charge in [-0.25, -0.2) is 0 Å². The van der Waals surface area contributed by atoms with E-state index in [1.165, 1.54) is 0 Å². The standard InChI is InChI=1S/C18H8B5NO/c19-12-13(20)15(22)17(16(23)14(12)21)24-10-6-3-5-9-8-4-1-2-7-11(8)25-18(9)10/h1-7,24H. The Bertz CT molecular complexity index is 1110. The molecular weight excluding hydrogens is 300 g/mol. The second kappa shape index (κ2) is 5.84. The van der Waals surface area contributed by atoms with Crippen molar-refractivity contribution in [1.29, 1.82) is 0 Å². The monoisotopic (exact) mass is 309 g/mol. The fraction of sp³-hybridized carbons (Fsp3) is 0. The van der Waals surface area contributed by atoms with Crippen molar-refractivity contribution in [2.45, 2.75) is 0 Å². The summed E-state index contributed by atoms with van der Waals surface area (Å²) in [5.41, 5.74) is 3.68. The van der Waals surface area contributed by atoms with Crippen molar-refractivity contribution < 1.29 is 4.42 Å². The molecule has 1 aromatic heterocycles. The Balaban J connectivity index is 1.93. The number of hydrogen-bond acceptors (Lipinski definition) is 2. The Morgan fingerprint density at radius 2 is 1.24 bits per heavy atom. The second-order valence-electron chi connectivity index (χ2n) is 5.85. The predicted octanol–water partition coefficient (Wildman–Crippen LogP) is -0.701. The lowest BCUT2D eigenvalue weighted by atomic mass is 9.61. The number of fused-ring (bicyclic) bond motifs is 3. The number of nitrogens with one attached hydrogen (secondary N) is 1. The van der Waals surface area contributed by atoms with Gasteiger partial charge in [0.2, 0.25) is 0 Å². The summed E-state index contributed by atoms with van der Waals surface area (Å²) < 4.78 is 5.99. The molecule has 0 amide bonds. The minimum absolute atomic E-state index is 0.183. The molecule has 0 atom stereocenters. The molecule has 0 bridgehead atoms. The van der Waals surface area contributed by atoms with E-state index in [2.05, 4.69) is 5.32 Å². The first kappa shape index (κ1) is 16.1. The van der Waals surface area contributed by atoms with E-state index in [0.717, 1.165) is 16.4 Å². The second-order valence-corrected chi connectivity index (χ2v) is 5.85. The molecule has 4 aromatic rings. The van der Waals surface area contributed by atoms with Crippen molar-refractivity contribution in [3.8, 4) is 0 Å². The molecule has 1 heterocycles. The van der Waals surface area contributed by atoms with E-state index in [0.29, 0.717) is 17.0 Å². The molecule has 7 heteroatoms. The van der Waals surface area contributed by atoms with E-state index >= 15 is 0 Å². The average Bonchev–Trinajstić information content (AvgIpc) is 3.01. The van der Waals surface area contributed by atoms with Crippen LogP contribution in [0.5, 0.6) is 0 Å². The summed E-state index contributed by atoms with van der Waals surface area (Å²) in [5, 5.41) is 5.20. The average molecular weight is 308 g/mol. The fourth-order valence-electron chi connectivity index (χ4n) is 2.96. The van der Waals surface area contributed by atoms with Gasteiger partial charge in [0, 0.05) is 16.5 Å². The SMILES string of the molecule is [B]c1c([B])c([B])c(Nc2cccc3c2oc2ccccc23)c([B])c1[B]. The Hall–Kier alpha value is -2.42. The highest BCUT2D eigenvalue weighted by Gasteiger charge is 2.14. The van der Waals surface area contributed by atoms with Crippen LogP contribution in [0.1, 0.15) is 0 Å². The molecule has 10 radical (unpaired) electrons. The lowest BCUT2D eigenvalue weighted by molar-refractivity contribution is 0.670. The van der Waals surface area contributed by atoms with Gasteiger partial charge in [-0.15, -0.1) is 16.4 Å². The summed E-state index contributed by atoms with van der Waals surface area (Å²) >= 11 is 0. The normalized spacial score (nSPS) is 11.2. The molecule has 0 saturated carbocycles. The molecule has 0 unspecified atom stereocenters. The van der Waals surface area contributed by atoms with Crippen LogP contribution < -0.4 is 32.6 Å². The minimum atomic E-state index is 0.183. The summed E-state index contributed by atoms with van der Waals surface area (Å²) in [5.74, 6) is 0. The van der Waals surface area contributed by atoms with Gasteiger partial charge >= 0.3 is 0 Å². The summed E-state index contributed by atoms with van der Waals surface area (Å²) in [4.78, 5) is 0. The number of benzene rings is 3. The number of hydrogen-bond donors (Lipinski definition) is 1. The number of anilines is 2. The van der Waals surface area contributed by atoms with Gasteiger partial charge in [-0.3, -0.25) is 0 Å². The maximum atomic E-state index is 6.09. The fourth-order valence-corrected chi connectivity index (χ4v) is 2.96.